The Hall–Kier alpha value is -3.01. The van der Waals surface area contributed by atoms with E-state index in [0.29, 0.717) is 48.8 Å². The molecule has 7 heteroatoms. The fourth-order valence-corrected chi connectivity index (χ4v) is 3.37. The number of terminal acetylenes is 1. The van der Waals surface area contributed by atoms with Gasteiger partial charge >= 0.3 is 0 Å². The highest BCUT2D eigenvalue weighted by Gasteiger charge is 2.39. The van der Waals surface area contributed by atoms with Crippen LogP contribution in [0.2, 0.25) is 0 Å². The number of carbonyl (C=O) groups excluding carboxylic acids is 1. The molecule has 7 nitrogen and oxygen atoms in total. The van der Waals surface area contributed by atoms with Crippen molar-refractivity contribution in [3.63, 3.8) is 0 Å². The number of nitrogens with one attached hydrogen (secondary N) is 1. The van der Waals surface area contributed by atoms with Gasteiger partial charge in [0.2, 0.25) is 5.91 Å². The molecule has 0 saturated carbocycles. The Kier molecular flexibility index (Phi) is 4.03. The van der Waals surface area contributed by atoms with Gasteiger partial charge in [0, 0.05) is 44.3 Å². The summed E-state index contributed by atoms with van der Waals surface area (Å²) >= 11 is 0. The Morgan fingerprint density at radius 1 is 1.35 bits per heavy atom. The summed E-state index contributed by atoms with van der Waals surface area (Å²) < 4.78 is 1.72. The Bertz CT molecular complexity index is 1010. The van der Waals surface area contributed by atoms with Gasteiger partial charge in [0.25, 0.3) is 5.56 Å². The summed E-state index contributed by atoms with van der Waals surface area (Å²) in [6.07, 6.45) is 9.18. The van der Waals surface area contributed by atoms with Crippen molar-refractivity contribution in [1.82, 2.24) is 9.55 Å². The zero-order valence-electron chi connectivity index (χ0n) is 14.4. The molecule has 0 aliphatic carbocycles. The lowest BCUT2D eigenvalue weighted by molar-refractivity contribution is -0.116. The minimum absolute atomic E-state index is 0.0394. The molecule has 2 aromatic rings. The fourth-order valence-electron chi connectivity index (χ4n) is 3.37. The number of nitrogens with zero attached hydrogens (tertiary/aromatic N) is 4. The van der Waals surface area contributed by atoms with Crippen LogP contribution in [0.3, 0.4) is 0 Å². The first kappa shape index (κ1) is 16.5. The molecule has 4 rings (SSSR count). The standard InChI is InChI=1S/C19H19N5O2/c1-2-3-9-19(22-23-19)10-8-17(25)20-13-6-7-15-14(12-13)18(26)24-11-4-5-16(24)21-15/h1,6-7,12H,3-5,8-11H2,(H,20,25). The molecule has 0 fully saturated rings. The molecular weight excluding hydrogens is 330 g/mol. The van der Waals surface area contributed by atoms with Crippen molar-refractivity contribution >= 4 is 22.5 Å². The van der Waals surface area contributed by atoms with Gasteiger partial charge in [-0.15, -0.1) is 12.3 Å². The van der Waals surface area contributed by atoms with Crippen molar-refractivity contribution in [2.75, 3.05) is 5.32 Å². The molecule has 1 N–H and O–H groups in total. The third-order valence-corrected chi connectivity index (χ3v) is 4.90. The lowest BCUT2D eigenvalue weighted by atomic mass is 10.0. The highest BCUT2D eigenvalue weighted by molar-refractivity contribution is 5.93. The predicted molar refractivity (Wildman–Crippen MR) is 97.8 cm³/mol. The number of aryl methyl sites for hydroxylation is 1. The van der Waals surface area contributed by atoms with Crippen LogP contribution in [0.5, 0.6) is 0 Å². The predicted octanol–water partition coefficient (Wildman–Crippen LogP) is 2.64. The van der Waals surface area contributed by atoms with Crippen LogP contribution in [0.25, 0.3) is 10.9 Å². The zero-order valence-corrected chi connectivity index (χ0v) is 14.4. The fraction of sp³-hybridized carbons (Fsp3) is 0.421. The second-order valence-electron chi connectivity index (χ2n) is 6.76. The molecule has 1 amide bonds. The van der Waals surface area contributed by atoms with Crippen LogP contribution in [0.1, 0.15) is 37.9 Å². The minimum Gasteiger partial charge on any atom is -0.326 e. The van der Waals surface area contributed by atoms with E-state index in [-0.39, 0.29) is 11.5 Å². The number of carbonyl (C=O) groups is 1. The van der Waals surface area contributed by atoms with Crippen molar-refractivity contribution in [2.24, 2.45) is 10.2 Å². The number of fused-ring (bicyclic) bond motifs is 2. The quantitative estimate of drug-likeness (QED) is 0.813. The summed E-state index contributed by atoms with van der Waals surface area (Å²) in [6.45, 7) is 0.709. The average Bonchev–Trinajstić information content (AvgIpc) is 3.26. The van der Waals surface area contributed by atoms with Gasteiger partial charge in [0.1, 0.15) is 5.82 Å². The number of amides is 1. The van der Waals surface area contributed by atoms with Crippen molar-refractivity contribution < 1.29 is 4.79 Å². The first-order chi connectivity index (χ1) is 12.6. The summed E-state index contributed by atoms with van der Waals surface area (Å²) in [5.74, 6) is 3.29. The maximum Gasteiger partial charge on any atom is 0.261 e. The monoisotopic (exact) mass is 349 g/mol. The van der Waals surface area contributed by atoms with Crippen LogP contribution in [0.4, 0.5) is 5.69 Å². The van der Waals surface area contributed by atoms with Gasteiger partial charge < -0.3 is 5.32 Å². The molecule has 2 aliphatic rings. The van der Waals surface area contributed by atoms with Crippen LogP contribution < -0.4 is 10.9 Å². The van der Waals surface area contributed by atoms with E-state index in [1.54, 1.807) is 22.8 Å². The number of hydrogen-bond donors (Lipinski definition) is 1. The number of aromatic nitrogens is 2. The number of anilines is 1. The van der Waals surface area contributed by atoms with E-state index >= 15 is 0 Å². The van der Waals surface area contributed by atoms with Crippen LogP contribution in [0.15, 0.2) is 33.2 Å². The summed E-state index contributed by atoms with van der Waals surface area (Å²) in [4.78, 5) is 29.4. The lowest BCUT2D eigenvalue weighted by Gasteiger charge is -2.10. The van der Waals surface area contributed by atoms with E-state index in [9.17, 15) is 9.59 Å². The zero-order chi connectivity index (χ0) is 18.1. The highest BCUT2D eigenvalue weighted by atomic mass is 16.1. The van der Waals surface area contributed by atoms with E-state index in [1.165, 1.54) is 0 Å². The topological polar surface area (TPSA) is 88.7 Å². The minimum atomic E-state index is -0.462. The number of benzene rings is 1. The summed E-state index contributed by atoms with van der Waals surface area (Å²) in [7, 11) is 0. The van der Waals surface area contributed by atoms with Gasteiger partial charge in [-0.2, -0.15) is 10.2 Å². The molecular formula is C19H19N5O2. The molecule has 0 saturated heterocycles. The lowest BCUT2D eigenvalue weighted by Crippen LogP contribution is -2.21. The van der Waals surface area contributed by atoms with Crippen LogP contribution in [-0.4, -0.2) is 21.1 Å². The highest BCUT2D eigenvalue weighted by Crippen LogP contribution is 2.37. The van der Waals surface area contributed by atoms with E-state index in [2.05, 4.69) is 26.4 Å². The van der Waals surface area contributed by atoms with Gasteiger partial charge in [-0.05, 0) is 24.6 Å². The Morgan fingerprint density at radius 2 is 2.19 bits per heavy atom. The molecule has 3 heterocycles. The normalized spacial score (nSPS) is 16.3. The van der Waals surface area contributed by atoms with Gasteiger partial charge in [-0.1, -0.05) is 0 Å². The van der Waals surface area contributed by atoms with E-state index < -0.39 is 5.66 Å². The number of rotatable bonds is 6. The Balaban J connectivity index is 1.45. The molecule has 0 radical (unpaired) electrons. The van der Waals surface area contributed by atoms with Crippen molar-refractivity contribution in [3.8, 4) is 12.3 Å². The van der Waals surface area contributed by atoms with Crippen LogP contribution in [-0.2, 0) is 17.8 Å². The van der Waals surface area contributed by atoms with Gasteiger partial charge in [-0.3, -0.25) is 14.2 Å². The molecule has 1 aromatic heterocycles. The van der Waals surface area contributed by atoms with Crippen molar-refractivity contribution in [1.29, 1.82) is 0 Å². The summed E-state index contributed by atoms with van der Waals surface area (Å²) in [6, 6.07) is 5.26. The van der Waals surface area contributed by atoms with E-state index in [0.717, 1.165) is 18.7 Å². The van der Waals surface area contributed by atoms with E-state index in [1.807, 2.05) is 0 Å². The first-order valence-electron chi connectivity index (χ1n) is 8.81. The average molecular weight is 349 g/mol. The largest absolute Gasteiger partial charge is 0.326 e. The van der Waals surface area contributed by atoms with Gasteiger partial charge in [0.05, 0.1) is 10.9 Å². The summed E-state index contributed by atoms with van der Waals surface area (Å²) in [5.41, 5.74) is 0.769. The SMILES string of the molecule is C#CCCC1(CCC(=O)Nc2ccc3nc4n(c(=O)c3c2)CCC4)N=N1. The van der Waals surface area contributed by atoms with Crippen LogP contribution >= 0.6 is 0 Å². The molecule has 0 atom stereocenters. The maximum absolute atomic E-state index is 12.6. The molecule has 1 aromatic carbocycles. The van der Waals surface area contributed by atoms with Crippen molar-refractivity contribution in [2.45, 2.75) is 50.7 Å². The van der Waals surface area contributed by atoms with Gasteiger partial charge in [0.15, 0.2) is 5.66 Å². The second kappa shape index (κ2) is 6.37. The number of hydrogen-bond acceptors (Lipinski definition) is 5. The molecule has 0 unspecified atom stereocenters. The molecule has 0 bridgehead atoms. The van der Waals surface area contributed by atoms with Crippen molar-refractivity contribution in [3.05, 3.63) is 34.4 Å². The molecule has 0 spiro atoms. The van der Waals surface area contributed by atoms with E-state index in [4.69, 9.17) is 6.42 Å². The second-order valence-corrected chi connectivity index (χ2v) is 6.76. The first-order valence-corrected chi connectivity index (χ1v) is 8.81. The Morgan fingerprint density at radius 3 is 2.96 bits per heavy atom. The molecule has 2 aliphatic heterocycles. The molecule has 26 heavy (non-hydrogen) atoms. The maximum atomic E-state index is 12.6. The third-order valence-electron chi connectivity index (χ3n) is 4.90. The molecule has 132 valence electrons. The van der Waals surface area contributed by atoms with Gasteiger partial charge in [-0.25, -0.2) is 4.98 Å². The smallest absolute Gasteiger partial charge is 0.261 e. The summed E-state index contributed by atoms with van der Waals surface area (Å²) in [5, 5.41) is 11.4. The Labute approximate surface area is 150 Å². The van der Waals surface area contributed by atoms with Crippen LogP contribution in [0, 0.1) is 12.3 Å². The third kappa shape index (κ3) is 3.10.